The highest BCUT2D eigenvalue weighted by atomic mass is 35.5. The molecule has 5 nitrogen and oxygen atoms in total. The van der Waals surface area contributed by atoms with Crippen LogP contribution in [0.5, 0.6) is 5.75 Å². The van der Waals surface area contributed by atoms with Crippen LogP contribution < -0.4 is 4.74 Å². The Balaban J connectivity index is 2.37. The lowest BCUT2D eigenvalue weighted by molar-refractivity contribution is 0.0734. The third-order valence-corrected chi connectivity index (χ3v) is 5.83. The molecule has 0 aliphatic carbocycles. The summed E-state index contributed by atoms with van der Waals surface area (Å²) >= 11 is 6.05. The molecule has 0 unspecified atom stereocenters. The average Bonchev–Trinajstić information content (AvgIpc) is 2.56. The summed E-state index contributed by atoms with van der Waals surface area (Å²) in [5.74, 6) is -0.349. The number of rotatable bonds is 6. The second-order valence-electron chi connectivity index (χ2n) is 4.93. The number of carbonyl (C=O) groups excluding carboxylic acids is 1. The van der Waals surface area contributed by atoms with Crippen molar-refractivity contribution in [2.45, 2.75) is 18.7 Å². The fraction of sp³-hybridized carbons (Fsp3) is 0.235. The number of para-hydroxylation sites is 1. The van der Waals surface area contributed by atoms with Gasteiger partial charge in [0.25, 0.3) is 0 Å². The number of halogens is 1. The second-order valence-corrected chi connectivity index (χ2v) is 7.28. The lowest BCUT2D eigenvalue weighted by Gasteiger charge is -2.19. The molecular formula is C17H18ClNO4S. The van der Waals surface area contributed by atoms with Gasteiger partial charge in [-0.3, -0.25) is 0 Å². The molecular weight excluding hydrogens is 350 g/mol. The minimum atomic E-state index is -3.68. The molecule has 0 N–H and O–H groups in total. The molecule has 0 bridgehead atoms. The van der Waals surface area contributed by atoms with E-state index >= 15 is 0 Å². The summed E-state index contributed by atoms with van der Waals surface area (Å²) in [5.41, 5.74) is 0.00810. The van der Waals surface area contributed by atoms with Gasteiger partial charge in [-0.05, 0) is 30.3 Å². The van der Waals surface area contributed by atoms with Gasteiger partial charge >= 0.3 is 5.97 Å². The van der Waals surface area contributed by atoms with Crippen LogP contribution in [-0.4, -0.2) is 31.8 Å². The van der Waals surface area contributed by atoms with E-state index in [-0.39, 0.29) is 15.5 Å². The summed E-state index contributed by atoms with van der Waals surface area (Å²) in [6.45, 7) is 4.18. The first-order chi connectivity index (χ1) is 11.4. The smallest absolute Gasteiger partial charge is 0.345 e. The SMILES string of the molecule is CCN(CC)S(=O)(=O)c1ccc(Cl)c(C(=O)Oc2ccccc2)c1. The molecule has 7 heteroatoms. The normalized spacial score (nSPS) is 11.5. The molecule has 24 heavy (non-hydrogen) atoms. The average molecular weight is 368 g/mol. The predicted octanol–water partition coefficient (Wildman–Crippen LogP) is 3.59. The Bertz CT molecular complexity index is 818. The van der Waals surface area contributed by atoms with Crippen LogP contribution in [0.2, 0.25) is 5.02 Å². The molecule has 0 aliphatic rings. The van der Waals surface area contributed by atoms with E-state index in [0.29, 0.717) is 18.8 Å². The Labute approximate surface area is 146 Å². The summed E-state index contributed by atoms with van der Waals surface area (Å²) in [5, 5.41) is 0.134. The minimum absolute atomic E-state index is 0.00810. The maximum absolute atomic E-state index is 12.6. The lowest BCUT2D eigenvalue weighted by Crippen LogP contribution is -2.30. The Kier molecular flexibility index (Phi) is 5.99. The summed E-state index contributed by atoms with van der Waals surface area (Å²) in [7, 11) is -3.68. The van der Waals surface area contributed by atoms with Gasteiger partial charge in [0, 0.05) is 13.1 Å². The van der Waals surface area contributed by atoms with Gasteiger partial charge < -0.3 is 4.74 Å². The van der Waals surface area contributed by atoms with Crippen molar-refractivity contribution in [1.29, 1.82) is 0 Å². The Hall–Kier alpha value is -1.89. The van der Waals surface area contributed by atoms with Crippen LogP contribution in [0, 0.1) is 0 Å². The molecule has 0 spiro atoms. The summed E-state index contributed by atoms with van der Waals surface area (Å²) in [6.07, 6.45) is 0. The van der Waals surface area contributed by atoms with Crippen LogP contribution in [0.25, 0.3) is 0 Å². The monoisotopic (exact) mass is 367 g/mol. The van der Waals surface area contributed by atoms with Gasteiger partial charge in [0.2, 0.25) is 10.0 Å². The first kappa shape index (κ1) is 18.4. The molecule has 0 atom stereocenters. The molecule has 0 amide bonds. The van der Waals surface area contributed by atoms with Crippen molar-refractivity contribution in [3.05, 3.63) is 59.1 Å². The Morgan fingerprint density at radius 3 is 2.29 bits per heavy atom. The largest absolute Gasteiger partial charge is 0.423 e. The van der Waals surface area contributed by atoms with Gasteiger partial charge in [0.1, 0.15) is 5.75 Å². The number of benzene rings is 2. The highest BCUT2D eigenvalue weighted by Crippen LogP contribution is 2.24. The molecule has 2 aromatic rings. The van der Waals surface area contributed by atoms with Crippen LogP contribution >= 0.6 is 11.6 Å². The van der Waals surface area contributed by atoms with Gasteiger partial charge in [-0.2, -0.15) is 4.31 Å². The van der Waals surface area contributed by atoms with E-state index in [4.69, 9.17) is 16.3 Å². The molecule has 128 valence electrons. The molecule has 0 aliphatic heterocycles. The van der Waals surface area contributed by atoms with Crippen molar-refractivity contribution in [2.75, 3.05) is 13.1 Å². The van der Waals surface area contributed by atoms with Crippen molar-refractivity contribution in [2.24, 2.45) is 0 Å². The second kappa shape index (κ2) is 7.79. The third-order valence-electron chi connectivity index (χ3n) is 3.45. The fourth-order valence-corrected chi connectivity index (χ4v) is 3.86. The third kappa shape index (κ3) is 3.95. The van der Waals surface area contributed by atoms with Gasteiger partial charge in [-0.15, -0.1) is 0 Å². The van der Waals surface area contributed by atoms with E-state index < -0.39 is 16.0 Å². The van der Waals surface area contributed by atoms with Crippen molar-refractivity contribution in [3.8, 4) is 5.75 Å². The van der Waals surface area contributed by atoms with Crippen molar-refractivity contribution in [3.63, 3.8) is 0 Å². The molecule has 0 aromatic heterocycles. The van der Waals surface area contributed by atoms with Crippen molar-refractivity contribution >= 4 is 27.6 Å². The molecule has 0 saturated heterocycles. The van der Waals surface area contributed by atoms with Gasteiger partial charge in [0.05, 0.1) is 15.5 Å². The van der Waals surface area contributed by atoms with E-state index in [1.54, 1.807) is 44.2 Å². The number of sulfonamides is 1. The van der Waals surface area contributed by atoms with E-state index in [2.05, 4.69) is 0 Å². The van der Waals surface area contributed by atoms with E-state index in [1.807, 2.05) is 0 Å². The highest BCUT2D eigenvalue weighted by Gasteiger charge is 2.24. The predicted molar refractivity (Wildman–Crippen MR) is 93.0 cm³/mol. The molecule has 2 rings (SSSR count). The first-order valence-electron chi connectivity index (χ1n) is 7.47. The van der Waals surface area contributed by atoms with Gasteiger partial charge in [0.15, 0.2) is 0 Å². The Morgan fingerprint density at radius 1 is 1.08 bits per heavy atom. The number of hydrogen-bond donors (Lipinski definition) is 0. The fourth-order valence-electron chi connectivity index (χ4n) is 2.18. The first-order valence-corrected chi connectivity index (χ1v) is 9.28. The number of hydrogen-bond acceptors (Lipinski definition) is 4. The van der Waals surface area contributed by atoms with Gasteiger partial charge in [-0.25, -0.2) is 13.2 Å². The quantitative estimate of drug-likeness (QED) is 0.578. The highest BCUT2D eigenvalue weighted by molar-refractivity contribution is 7.89. The molecule has 0 radical (unpaired) electrons. The summed E-state index contributed by atoms with van der Waals surface area (Å²) in [4.78, 5) is 12.3. The minimum Gasteiger partial charge on any atom is -0.423 e. The van der Waals surface area contributed by atoms with Crippen LogP contribution in [0.4, 0.5) is 0 Å². The Morgan fingerprint density at radius 2 is 1.71 bits per heavy atom. The maximum Gasteiger partial charge on any atom is 0.345 e. The zero-order valence-electron chi connectivity index (χ0n) is 13.4. The lowest BCUT2D eigenvalue weighted by atomic mass is 10.2. The van der Waals surface area contributed by atoms with E-state index in [0.717, 1.165) is 0 Å². The summed E-state index contributed by atoms with van der Waals surface area (Å²) < 4.78 is 31.7. The zero-order chi connectivity index (χ0) is 17.7. The van der Waals surface area contributed by atoms with Crippen LogP contribution in [-0.2, 0) is 10.0 Å². The zero-order valence-corrected chi connectivity index (χ0v) is 15.0. The van der Waals surface area contributed by atoms with E-state index in [9.17, 15) is 13.2 Å². The number of nitrogens with zero attached hydrogens (tertiary/aromatic N) is 1. The maximum atomic E-state index is 12.6. The van der Waals surface area contributed by atoms with Crippen LogP contribution in [0.1, 0.15) is 24.2 Å². The molecule has 2 aromatic carbocycles. The molecule has 0 saturated carbocycles. The summed E-state index contributed by atoms with van der Waals surface area (Å²) in [6, 6.07) is 12.5. The molecule has 0 heterocycles. The molecule has 0 fully saturated rings. The number of esters is 1. The van der Waals surface area contributed by atoms with Crippen molar-refractivity contribution in [1.82, 2.24) is 4.31 Å². The number of carbonyl (C=O) groups is 1. The standard InChI is InChI=1S/C17H18ClNO4S/c1-3-19(4-2)24(21,22)14-10-11-16(18)15(12-14)17(20)23-13-8-6-5-7-9-13/h5-12H,3-4H2,1-2H3. The van der Waals surface area contributed by atoms with Crippen LogP contribution in [0.15, 0.2) is 53.4 Å². The van der Waals surface area contributed by atoms with E-state index in [1.165, 1.54) is 22.5 Å². The number of ether oxygens (including phenoxy) is 1. The van der Waals surface area contributed by atoms with Crippen molar-refractivity contribution < 1.29 is 17.9 Å². The topological polar surface area (TPSA) is 63.7 Å². The van der Waals surface area contributed by atoms with Crippen LogP contribution in [0.3, 0.4) is 0 Å². The van der Waals surface area contributed by atoms with Gasteiger partial charge in [-0.1, -0.05) is 43.6 Å².